The van der Waals surface area contributed by atoms with Crippen LogP contribution in [0.25, 0.3) is 0 Å². The van der Waals surface area contributed by atoms with Crippen molar-refractivity contribution >= 4 is 18.9 Å². The molecule has 0 saturated heterocycles. The summed E-state index contributed by atoms with van der Waals surface area (Å²) in [4.78, 5) is 9.53. The van der Waals surface area contributed by atoms with Crippen molar-refractivity contribution in [3.63, 3.8) is 0 Å². The van der Waals surface area contributed by atoms with Crippen LogP contribution in [0.3, 0.4) is 0 Å². The van der Waals surface area contributed by atoms with Gasteiger partial charge in [0.25, 0.3) is 0 Å². The average Bonchev–Trinajstić information content (AvgIpc) is 1.69. The standard InChI is InChI=1S/C5H6OS/c6-4-2-1-3-5-7/h1-5,7H/b2-1+,5-3-. The lowest BCUT2D eigenvalue weighted by Gasteiger charge is -1.62. The summed E-state index contributed by atoms with van der Waals surface area (Å²) in [6, 6.07) is 0. The van der Waals surface area contributed by atoms with Gasteiger partial charge in [-0.25, -0.2) is 0 Å². The Kier molecular flexibility index (Phi) is 5.11. The van der Waals surface area contributed by atoms with E-state index in [1.807, 2.05) is 0 Å². The largest absolute Gasteiger partial charge is 0.299 e. The summed E-state index contributed by atoms with van der Waals surface area (Å²) in [6.45, 7) is 0. The molecule has 1 nitrogen and oxygen atoms in total. The molecule has 0 unspecified atom stereocenters. The maximum atomic E-state index is 9.53. The van der Waals surface area contributed by atoms with Crippen LogP contribution in [0.1, 0.15) is 0 Å². The number of rotatable bonds is 2. The molecule has 0 aliphatic carbocycles. The first kappa shape index (κ1) is 6.50. The summed E-state index contributed by atoms with van der Waals surface area (Å²) < 4.78 is 0. The van der Waals surface area contributed by atoms with Crippen molar-refractivity contribution in [1.82, 2.24) is 0 Å². The molecule has 0 amide bonds. The fourth-order valence-electron chi connectivity index (χ4n) is 0.159. The third kappa shape index (κ3) is 5.50. The smallest absolute Gasteiger partial charge is 0.142 e. The third-order valence-electron chi connectivity index (χ3n) is 0.387. The molecule has 7 heavy (non-hydrogen) atoms. The summed E-state index contributed by atoms with van der Waals surface area (Å²) >= 11 is 3.75. The molecule has 0 fully saturated rings. The van der Waals surface area contributed by atoms with E-state index in [0.29, 0.717) is 6.29 Å². The molecule has 0 heterocycles. The summed E-state index contributed by atoms with van der Waals surface area (Å²) in [5.41, 5.74) is 0. The quantitative estimate of drug-likeness (QED) is 0.247. The number of hydrogen-bond donors (Lipinski definition) is 1. The van der Waals surface area contributed by atoms with Gasteiger partial charge in [0.1, 0.15) is 6.29 Å². The average molecular weight is 114 g/mol. The van der Waals surface area contributed by atoms with Crippen molar-refractivity contribution in [2.24, 2.45) is 0 Å². The normalized spacial score (nSPS) is 11.0. The van der Waals surface area contributed by atoms with Crippen LogP contribution in [0.15, 0.2) is 23.6 Å². The van der Waals surface area contributed by atoms with Crippen LogP contribution >= 0.6 is 12.6 Å². The molecule has 0 aromatic rings. The molecule has 0 radical (unpaired) electrons. The highest BCUT2D eigenvalue weighted by Crippen LogP contribution is 1.76. The van der Waals surface area contributed by atoms with Crippen molar-refractivity contribution < 1.29 is 4.79 Å². The molecular weight excluding hydrogens is 108 g/mol. The lowest BCUT2D eigenvalue weighted by atomic mass is 10.5. The Balaban J connectivity index is 3.27. The van der Waals surface area contributed by atoms with Crippen LogP contribution in [0.4, 0.5) is 0 Å². The summed E-state index contributed by atoms with van der Waals surface area (Å²) in [5.74, 6) is 0. The van der Waals surface area contributed by atoms with E-state index >= 15 is 0 Å². The third-order valence-corrected chi connectivity index (χ3v) is 0.559. The Bertz CT molecular complexity index is 94.3. The highest BCUT2D eigenvalue weighted by molar-refractivity contribution is 7.83. The zero-order valence-electron chi connectivity index (χ0n) is 3.74. The molecule has 0 saturated carbocycles. The highest BCUT2D eigenvalue weighted by Gasteiger charge is 1.56. The zero-order valence-corrected chi connectivity index (χ0v) is 4.64. The van der Waals surface area contributed by atoms with Gasteiger partial charge in [0.05, 0.1) is 0 Å². The van der Waals surface area contributed by atoms with E-state index in [2.05, 4.69) is 12.6 Å². The number of allylic oxidation sites excluding steroid dienone is 3. The van der Waals surface area contributed by atoms with E-state index in [1.54, 1.807) is 17.6 Å². The number of aldehydes is 1. The van der Waals surface area contributed by atoms with E-state index in [-0.39, 0.29) is 0 Å². The first-order valence-corrected chi connectivity index (χ1v) is 2.34. The van der Waals surface area contributed by atoms with Crippen LogP contribution in [-0.4, -0.2) is 6.29 Å². The minimum absolute atomic E-state index is 0.716. The lowest BCUT2D eigenvalue weighted by molar-refractivity contribution is -0.104. The molecule has 2 heteroatoms. The van der Waals surface area contributed by atoms with Gasteiger partial charge in [0, 0.05) is 0 Å². The van der Waals surface area contributed by atoms with Gasteiger partial charge in [-0.2, -0.15) is 12.6 Å². The van der Waals surface area contributed by atoms with Crippen LogP contribution in [0, 0.1) is 0 Å². The fourth-order valence-corrected chi connectivity index (χ4v) is 0.259. The highest BCUT2D eigenvalue weighted by atomic mass is 32.1. The van der Waals surface area contributed by atoms with Gasteiger partial charge in [-0.15, -0.1) is 0 Å². The summed E-state index contributed by atoms with van der Waals surface area (Å²) in [5, 5.41) is 1.56. The van der Waals surface area contributed by atoms with E-state index in [0.717, 1.165) is 0 Å². The van der Waals surface area contributed by atoms with Crippen molar-refractivity contribution in [1.29, 1.82) is 0 Å². The van der Waals surface area contributed by atoms with Gasteiger partial charge in [-0.1, -0.05) is 12.2 Å². The first-order chi connectivity index (χ1) is 3.41. The SMILES string of the molecule is O=C/C=C/C=C\S. The lowest BCUT2D eigenvalue weighted by Crippen LogP contribution is -1.53. The maximum Gasteiger partial charge on any atom is 0.142 e. The second-order valence-electron chi connectivity index (χ2n) is 0.863. The number of hydrogen-bond acceptors (Lipinski definition) is 2. The van der Waals surface area contributed by atoms with Gasteiger partial charge in [-0.3, -0.25) is 4.79 Å². The Morgan fingerprint density at radius 1 is 1.14 bits per heavy atom. The summed E-state index contributed by atoms with van der Waals surface area (Å²) in [7, 11) is 0. The Hall–Kier alpha value is -0.500. The van der Waals surface area contributed by atoms with Crippen LogP contribution in [0.2, 0.25) is 0 Å². The predicted octanol–water partition coefficient (Wildman–Crippen LogP) is 1.18. The molecule has 0 aromatic carbocycles. The summed E-state index contributed by atoms with van der Waals surface area (Å²) in [6.07, 6.45) is 5.39. The van der Waals surface area contributed by atoms with E-state index in [1.165, 1.54) is 6.08 Å². The van der Waals surface area contributed by atoms with Crippen molar-refractivity contribution in [3.8, 4) is 0 Å². The maximum absolute atomic E-state index is 9.53. The molecule has 38 valence electrons. The number of carbonyl (C=O) groups is 1. The molecule has 0 aliphatic rings. The van der Waals surface area contributed by atoms with E-state index in [4.69, 9.17) is 0 Å². The molecule has 0 atom stereocenters. The van der Waals surface area contributed by atoms with Gasteiger partial charge in [0.15, 0.2) is 0 Å². The molecular formula is C5H6OS. The second-order valence-corrected chi connectivity index (χ2v) is 1.16. The van der Waals surface area contributed by atoms with Crippen molar-refractivity contribution in [2.75, 3.05) is 0 Å². The Morgan fingerprint density at radius 2 is 1.86 bits per heavy atom. The monoisotopic (exact) mass is 114 g/mol. The van der Waals surface area contributed by atoms with Gasteiger partial charge >= 0.3 is 0 Å². The number of carbonyl (C=O) groups excluding carboxylic acids is 1. The minimum Gasteiger partial charge on any atom is -0.299 e. The van der Waals surface area contributed by atoms with Crippen LogP contribution in [0.5, 0.6) is 0 Å². The second kappa shape index (κ2) is 5.50. The van der Waals surface area contributed by atoms with Crippen LogP contribution < -0.4 is 0 Å². The molecule has 0 aliphatic heterocycles. The van der Waals surface area contributed by atoms with Crippen LogP contribution in [-0.2, 0) is 4.79 Å². The minimum atomic E-state index is 0.716. The molecule has 0 rings (SSSR count). The molecule has 0 spiro atoms. The van der Waals surface area contributed by atoms with E-state index in [9.17, 15) is 4.79 Å². The number of thiol groups is 1. The van der Waals surface area contributed by atoms with Crippen molar-refractivity contribution in [3.05, 3.63) is 23.6 Å². The molecule has 0 aromatic heterocycles. The molecule has 0 bridgehead atoms. The topological polar surface area (TPSA) is 17.1 Å². The van der Waals surface area contributed by atoms with Crippen molar-refractivity contribution in [2.45, 2.75) is 0 Å². The first-order valence-electron chi connectivity index (χ1n) is 1.83. The molecule has 0 N–H and O–H groups in total. The Labute approximate surface area is 48.1 Å². The fraction of sp³-hybridized carbons (Fsp3) is 0. The zero-order chi connectivity index (χ0) is 5.54. The van der Waals surface area contributed by atoms with Gasteiger partial charge < -0.3 is 0 Å². The van der Waals surface area contributed by atoms with Gasteiger partial charge in [0.2, 0.25) is 0 Å². The van der Waals surface area contributed by atoms with Gasteiger partial charge in [-0.05, 0) is 11.5 Å². The Morgan fingerprint density at radius 3 is 2.29 bits per heavy atom. The van der Waals surface area contributed by atoms with E-state index < -0.39 is 0 Å². The predicted molar refractivity (Wildman–Crippen MR) is 33.3 cm³/mol.